The van der Waals surface area contributed by atoms with Crippen molar-refractivity contribution in [2.45, 2.75) is 18.8 Å². The summed E-state index contributed by atoms with van der Waals surface area (Å²) in [6.07, 6.45) is -0.475. The minimum Gasteiger partial charge on any atom is -0.453 e. The number of β-amino-alcohol motifs (C(OH)–C–C–N with tert-alkyl or cyclic N) is 1. The molecule has 15 heavy (non-hydrogen) atoms. The van der Waals surface area contributed by atoms with Gasteiger partial charge in [0.05, 0.1) is 18.8 Å². The van der Waals surface area contributed by atoms with Gasteiger partial charge in [-0.3, -0.25) is 4.90 Å². The Kier molecular flexibility index (Phi) is 3.45. The van der Waals surface area contributed by atoms with E-state index in [1.54, 1.807) is 7.11 Å². The molecule has 0 amide bonds. The maximum atomic E-state index is 9.64. The Morgan fingerprint density at radius 2 is 2.40 bits per heavy atom. The van der Waals surface area contributed by atoms with E-state index in [0.717, 1.165) is 17.0 Å². The lowest BCUT2D eigenvalue weighted by Crippen LogP contribution is -2.25. The van der Waals surface area contributed by atoms with Crippen molar-refractivity contribution in [3.63, 3.8) is 0 Å². The summed E-state index contributed by atoms with van der Waals surface area (Å²) in [6.45, 7) is 2.09. The van der Waals surface area contributed by atoms with Gasteiger partial charge < -0.3 is 14.3 Å². The zero-order chi connectivity index (χ0) is 10.8. The molecule has 0 aromatic carbocycles. The molecule has 1 saturated heterocycles. The lowest BCUT2D eigenvalue weighted by atomic mass is 10.3. The number of furan rings is 1. The summed E-state index contributed by atoms with van der Waals surface area (Å²) in [5.41, 5.74) is 0. The van der Waals surface area contributed by atoms with Crippen LogP contribution in [0.15, 0.2) is 21.2 Å². The van der Waals surface area contributed by atoms with Crippen LogP contribution in [0.25, 0.3) is 0 Å². The molecule has 0 spiro atoms. The van der Waals surface area contributed by atoms with Gasteiger partial charge in [-0.05, 0) is 28.1 Å². The van der Waals surface area contributed by atoms with Crippen molar-refractivity contribution in [1.82, 2.24) is 4.90 Å². The van der Waals surface area contributed by atoms with E-state index in [4.69, 9.17) is 9.15 Å². The molecule has 1 aliphatic rings. The zero-order valence-electron chi connectivity index (χ0n) is 8.52. The molecule has 1 aliphatic heterocycles. The first-order chi connectivity index (χ1) is 7.19. The third-order valence-corrected chi connectivity index (χ3v) is 3.05. The minimum absolute atomic E-state index is 0.0802. The molecule has 2 rings (SSSR count). The molecular weight excluding hydrogens is 262 g/mol. The van der Waals surface area contributed by atoms with Crippen LogP contribution in [0.2, 0.25) is 0 Å². The number of methoxy groups -OCH3 is 1. The molecule has 1 aromatic heterocycles. The van der Waals surface area contributed by atoms with E-state index in [-0.39, 0.29) is 6.10 Å². The van der Waals surface area contributed by atoms with Crippen LogP contribution in [0.3, 0.4) is 0 Å². The van der Waals surface area contributed by atoms with Gasteiger partial charge in [-0.2, -0.15) is 0 Å². The number of likely N-dealkylation sites (tertiary alicyclic amines) is 1. The first-order valence-corrected chi connectivity index (χ1v) is 5.66. The molecular formula is C10H14BrNO3. The highest BCUT2D eigenvalue weighted by Gasteiger charge is 2.31. The van der Waals surface area contributed by atoms with E-state index in [2.05, 4.69) is 20.8 Å². The van der Waals surface area contributed by atoms with Gasteiger partial charge >= 0.3 is 0 Å². The van der Waals surface area contributed by atoms with E-state index in [1.165, 1.54) is 0 Å². The summed E-state index contributed by atoms with van der Waals surface area (Å²) >= 11 is 3.26. The number of rotatable bonds is 3. The van der Waals surface area contributed by atoms with Gasteiger partial charge in [0, 0.05) is 20.2 Å². The number of nitrogens with zero attached hydrogens (tertiary/aromatic N) is 1. The highest BCUT2D eigenvalue weighted by Crippen LogP contribution is 2.19. The van der Waals surface area contributed by atoms with Crippen molar-refractivity contribution in [1.29, 1.82) is 0 Å². The van der Waals surface area contributed by atoms with Gasteiger partial charge in [-0.25, -0.2) is 0 Å². The molecule has 0 aliphatic carbocycles. The maximum absolute atomic E-state index is 9.64. The number of ether oxygens (including phenoxy) is 1. The minimum atomic E-state index is -0.395. The van der Waals surface area contributed by atoms with E-state index < -0.39 is 6.10 Å². The first-order valence-electron chi connectivity index (χ1n) is 4.86. The Morgan fingerprint density at radius 3 is 2.93 bits per heavy atom. The van der Waals surface area contributed by atoms with Crippen LogP contribution in [0, 0.1) is 0 Å². The molecule has 1 fully saturated rings. The van der Waals surface area contributed by atoms with E-state index in [0.29, 0.717) is 13.1 Å². The summed E-state index contributed by atoms with van der Waals surface area (Å²) in [5.74, 6) is 0.894. The SMILES string of the molecule is CO[C@@H]1CN(Cc2ccc(Br)o2)C[C@H]1O. The van der Waals surface area contributed by atoms with E-state index in [1.807, 2.05) is 12.1 Å². The Balaban J connectivity index is 1.92. The third kappa shape index (κ3) is 2.60. The van der Waals surface area contributed by atoms with Gasteiger partial charge in [0.1, 0.15) is 5.76 Å². The normalized spacial score (nSPS) is 27.4. The van der Waals surface area contributed by atoms with Gasteiger partial charge in [-0.1, -0.05) is 0 Å². The lowest BCUT2D eigenvalue weighted by molar-refractivity contribution is 0.0214. The van der Waals surface area contributed by atoms with Crippen LogP contribution in [-0.4, -0.2) is 42.4 Å². The predicted octanol–water partition coefficient (Wildman–Crippen LogP) is 1.23. The molecule has 0 radical (unpaired) electrons. The molecule has 5 heteroatoms. The topological polar surface area (TPSA) is 45.8 Å². The average Bonchev–Trinajstić information content (AvgIpc) is 2.73. The van der Waals surface area contributed by atoms with Gasteiger partial charge in [0.2, 0.25) is 0 Å². The molecule has 4 nitrogen and oxygen atoms in total. The van der Waals surface area contributed by atoms with Crippen LogP contribution in [0.5, 0.6) is 0 Å². The summed E-state index contributed by atoms with van der Waals surface area (Å²) in [5, 5.41) is 9.64. The first kappa shape index (κ1) is 11.1. The Bertz CT molecular complexity index is 328. The summed E-state index contributed by atoms with van der Waals surface area (Å²) in [4.78, 5) is 2.12. The number of aliphatic hydroxyl groups excluding tert-OH is 1. The van der Waals surface area contributed by atoms with Gasteiger partial charge in [0.15, 0.2) is 4.67 Å². The number of halogens is 1. The summed E-state index contributed by atoms with van der Waals surface area (Å²) in [7, 11) is 1.63. The standard InChI is InChI=1S/C10H14BrNO3/c1-14-9-6-12(5-8(9)13)4-7-2-3-10(11)15-7/h2-3,8-9,13H,4-6H2,1H3/t8-,9-/m1/s1. The summed E-state index contributed by atoms with van der Waals surface area (Å²) in [6, 6.07) is 3.80. The van der Waals surface area contributed by atoms with Crippen molar-refractivity contribution in [3.8, 4) is 0 Å². The zero-order valence-corrected chi connectivity index (χ0v) is 10.1. The monoisotopic (exact) mass is 275 g/mol. The highest BCUT2D eigenvalue weighted by atomic mass is 79.9. The number of aliphatic hydroxyl groups is 1. The third-order valence-electron chi connectivity index (χ3n) is 2.62. The number of hydrogen-bond acceptors (Lipinski definition) is 4. The molecule has 2 atom stereocenters. The van der Waals surface area contributed by atoms with Crippen molar-refractivity contribution >= 4 is 15.9 Å². The Hall–Kier alpha value is -0.360. The predicted molar refractivity (Wildman–Crippen MR) is 58.5 cm³/mol. The molecule has 84 valence electrons. The fraction of sp³-hybridized carbons (Fsp3) is 0.600. The van der Waals surface area contributed by atoms with Crippen LogP contribution in [-0.2, 0) is 11.3 Å². The van der Waals surface area contributed by atoms with Crippen molar-refractivity contribution in [2.24, 2.45) is 0 Å². The van der Waals surface area contributed by atoms with Crippen LogP contribution in [0.4, 0.5) is 0 Å². The second kappa shape index (κ2) is 4.65. The lowest BCUT2D eigenvalue weighted by Gasteiger charge is -2.12. The molecule has 2 heterocycles. The van der Waals surface area contributed by atoms with E-state index in [9.17, 15) is 5.11 Å². The molecule has 0 bridgehead atoms. The quantitative estimate of drug-likeness (QED) is 0.902. The second-order valence-electron chi connectivity index (χ2n) is 3.74. The van der Waals surface area contributed by atoms with Gasteiger partial charge in [-0.15, -0.1) is 0 Å². The smallest absolute Gasteiger partial charge is 0.169 e. The Morgan fingerprint density at radius 1 is 1.60 bits per heavy atom. The van der Waals surface area contributed by atoms with Crippen LogP contribution >= 0.6 is 15.9 Å². The molecule has 1 N–H and O–H groups in total. The maximum Gasteiger partial charge on any atom is 0.169 e. The average molecular weight is 276 g/mol. The molecule has 0 saturated carbocycles. The van der Waals surface area contributed by atoms with Gasteiger partial charge in [0.25, 0.3) is 0 Å². The van der Waals surface area contributed by atoms with Crippen LogP contribution in [0.1, 0.15) is 5.76 Å². The van der Waals surface area contributed by atoms with Crippen molar-refractivity contribution in [3.05, 3.63) is 22.6 Å². The largest absolute Gasteiger partial charge is 0.453 e. The van der Waals surface area contributed by atoms with Crippen molar-refractivity contribution < 1.29 is 14.3 Å². The van der Waals surface area contributed by atoms with E-state index >= 15 is 0 Å². The Labute approximate surface area is 96.9 Å². The molecule has 0 unspecified atom stereocenters. The number of hydrogen-bond donors (Lipinski definition) is 1. The van der Waals surface area contributed by atoms with Crippen LogP contribution < -0.4 is 0 Å². The highest BCUT2D eigenvalue weighted by molar-refractivity contribution is 9.10. The van der Waals surface area contributed by atoms with Crippen molar-refractivity contribution in [2.75, 3.05) is 20.2 Å². The fourth-order valence-corrected chi connectivity index (χ4v) is 2.19. The molecule has 1 aromatic rings. The summed E-state index contributed by atoms with van der Waals surface area (Å²) < 4.78 is 11.3. The second-order valence-corrected chi connectivity index (χ2v) is 4.52. The fourth-order valence-electron chi connectivity index (χ4n) is 1.85.